The van der Waals surface area contributed by atoms with Gasteiger partial charge in [-0.05, 0) is 37.5 Å². The minimum absolute atomic E-state index is 0.578. The summed E-state index contributed by atoms with van der Waals surface area (Å²) in [5.41, 5.74) is 2.96. The molecular weight excluding hydrogens is 226 g/mol. The zero-order chi connectivity index (χ0) is 12.8. The zero-order valence-electron chi connectivity index (χ0n) is 10.3. The molecule has 0 bridgehead atoms. The van der Waals surface area contributed by atoms with Gasteiger partial charge in [0.15, 0.2) is 0 Å². The minimum atomic E-state index is 0.578. The number of hydrogen-bond acceptors (Lipinski definition) is 4. The van der Waals surface area contributed by atoms with E-state index in [1.807, 2.05) is 25.3 Å². The summed E-state index contributed by atoms with van der Waals surface area (Å²) in [6, 6.07) is 5.63. The molecule has 0 atom stereocenters. The lowest BCUT2D eigenvalue weighted by molar-refractivity contribution is 0.853. The summed E-state index contributed by atoms with van der Waals surface area (Å²) < 4.78 is 0. The predicted octanol–water partition coefficient (Wildman–Crippen LogP) is 2.03. The third-order valence-corrected chi connectivity index (χ3v) is 2.76. The van der Waals surface area contributed by atoms with Gasteiger partial charge in [0.1, 0.15) is 11.9 Å². The quantitative estimate of drug-likeness (QED) is 0.785. The van der Waals surface area contributed by atoms with Gasteiger partial charge < -0.3 is 5.32 Å². The van der Waals surface area contributed by atoms with Crippen molar-refractivity contribution in [1.29, 1.82) is 5.26 Å². The average Bonchev–Trinajstić information content (AvgIpc) is 2.81. The van der Waals surface area contributed by atoms with Crippen LogP contribution >= 0.6 is 0 Å². The molecule has 92 valence electrons. The highest BCUT2D eigenvalue weighted by Crippen LogP contribution is 2.07. The Morgan fingerprint density at radius 2 is 2.28 bits per heavy atom. The van der Waals surface area contributed by atoms with Gasteiger partial charge in [-0.3, -0.25) is 5.10 Å². The standard InChI is InChI=1S/C13H15N5/c1-10-12(9-17-18-10)3-2-6-15-13-5-4-11(7-14)8-16-13/h4-5,8-9H,2-3,6H2,1H3,(H,15,16)(H,17,18). The Balaban J connectivity index is 1.75. The van der Waals surface area contributed by atoms with Gasteiger partial charge in [0.25, 0.3) is 0 Å². The molecule has 0 amide bonds. The number of aromatic amines is 1. The topological polar surface area (TPSA) is 77.4 Å². The summed E-state index contributed by atoms with van der Waals surface area (Å²) in [6.07, 6.45) is 5.45. The maximum atomic E-state index is 8.65. The second-order valence-corrected chi connectivity index (χ2v) is 4.09. The number of H-pyrrole nitrogens is 1. The SMILES string of the molecule is Cc1[nH]ncc1CCCNc1ccc(C#N)cn1. The number of aromatic nitrogens is 3. The van der Waals surface area contributed by atoms with Crippen molar-refractivity contribution in [3.05, 3.63) is 41.3 Å². The Morgan fingerprint density at radius 1 is 1.39 bits per heavy atom. The molecule has 0 saturated carbocycles. The van der Waals surface area contributed by atoms with E-state index in [-0.39, 0.29) is 0 Å². The fourth-order valence-electron chi connectivity index (χ4n) is 1.69. The molecule has 2 aromatic heterocycles. The van der Waals surface area contributed by atoms with E-state index < -0.39 is 0 Å². The van der Waals surface area contributed by atoms with Crippen LogP contribution in [0.3, 0.4) is 0 Å². The van der Waals surface area contributed by atoms with Gasteiger partial charge in [0, 0.05) is 18.4 Å². The molecule has 0 aromatic carbocycles. The molecule has 0 aliphatic rings. The lowest BCUT2D eigenvalue weighted by Crippen LogP contribution is -2.04. The molecule has 0 aliphatic heterocycles. The molecule has 0 aliphatic carbocycles. The van der Waals surface area contributed by atoms with Crippen LogP contribution in [-0.4, -0.2) is 21.7 Å². The first-order valence-corrected chi connectivity index (χ1v) is 5.88. The third kappa shape index (κ3) is 3.08. The first-order valence-electron chi connectivity index (χ1n) is 5.88. The number of nitriles is 1. The van der Waals surface area contributed by atoms with Crippen molar-refractivity contribution in [2.45, 2.75) is 19.8 Å². The summed E-state index contributed by atoms with van der Waals surface area (Å²) in [5, 5.41) is 18.8. The average molecular weight is 241 g/mol. The Bertz CT molecular complexity index is 535. The van der Waals surface area contributed by atoms with Crippen LogP contribution in [0, 0.1) is 18.3 Å². The van der Waals surface area contributed by atoms with Crippen LogP contribution in [0.25, 0.3) is 0 Å². The van der Waals surface area contributed by atoms with Crippen molar-refractivity contribution in [3.63, 3.8) is 0 Å². The van der Waals surface area contributed by atoms with E-state index in [0.29, 0.717) is 5.56 Å². The molecule has 5 nitrogen and oxygen atoms in total. The summed E-state index contributed by atoms with van der Waals surface area (Å²) in [4.78, 5) is 4.15. The predicted molar refractivity (Wildman–Crippen MR) is 69.1 cm³/mol. The Hall–Kier alpha value is -2.35. The van der Waals surface area contributed by atoms with Gasteiger partial charge in [-0.1, -0.05) is 0 Å². The van der Waals surface area contributed by atoms with Crippen LogP contribution in [0.5, 0.6) is 0 Å². The van der Waals surface area contributed by atoms with Crippen molar-refractivity contribution in [3.8, 4) is 6.07 Å². The van der Waals surface area contributed by atoms with E-state index in [9.17, 15) is 0 Å². The number of rotatable bonds is 5. The lowest BCUT2D eigenvalue weighted by atomic mass is 10.1. The number of nitrogens with zero attached hydrogens (tertiary/aromatic N) is 3. The minimum Gasteiger partial charge on any atom is -0.370 e. The monoisotopic (exact) mass is 241 g/mol. The highest BCUT2D eigenvalue weighted by Gasteiger charge is 2.00. The number of anilines is 1. The lowest BCUT2D eigenvalue weighted by Gasteiger charge is -2.04. The fourth-order valence-corrected chi connectivity index (χ4v) is 1.69. The highest BCUT2D eigenvalue weighted by molar-refractivity contribution is 5.38. The zero-order valence-corrected chi connectivity index (χ0v) is 10.3. The van der Waals surface area contributed by atoms with Gasteiger partial charge in [-0.15, -0.1) is 0 Å². The van der Waals surface area contributed by atoms with Crippen LogP contribution < -0.4 is 5.32 Å². The molecule has 2 heterocycles. The van der Waals surface area contributed by atoms with Gasteiger partial charge in [-0.2, -0.15) is 10.4 Å². The Morgan fingerprint density at radius 3 is 2.89 bits per heavy atom. The first-order chi connectivity index (χ1) is 8.79. The van der Waals surface area contributed by atoms with E-state index in [0.717, 1.165) is 30.9 Å². The van der Waals surface area contributed by atoms with Crippen LogP contribution in [0.1, 0.15) is 23.2 Å². The van der Waals surface area contributed by atoms with Crippen molar-refractivity contribution in [2.75, 3.05) is 11.9 Å². The van der Waals surface area contributed by atoms with E-state index >= 15 is 0 Å². The van der Waals surface area contributed by atoms with E-state index in [2.05, 4.69) is 20.5 Å². The summed E-state index contributed by atoms with van der Waals surface area (Å²) >= 11 is 0. The molecule has 2 aromatic rings. The maximum absolute atomic E-state index is 8.65. The Labute approximate surface area is 106 Å². The smallest absolute Gasteiger partial charge is 0.125 e. The van der Waals surface area contributed by atoms with Crippen molar-refractivity contribution >= 4 is 5.82 Å². The maximum Gasteiger partial charge on any atom is 0.125 e. The molecule has 0 spiro atoms. The molecule has 0 radical (unpaired) electrons. The summed E-state index contributed by atoms with van der Waals surface area (Å²) in [6.45, 7) is 2.88. The number of nitrogens with one attached hydrogen (secondary N) is 2. The number of pyridine rings is 1. The van der Waals surface area contributed by atoms with Crippen LogP contribution in [0.2, 0.25) is 0 Å². The second kappa shape index (κ2) is 5.82. The Kier molecular flexibility index (Phi) is 3.92. The van der Waals surface area contributed by atoms with Gasteiger partial charge in [0.05, 0.1) is 11.8 Å². The summed E-state index contributed by atoms with van der Waals surface area (Å²) in [5.74, 6) is 0.804. The first kappa shape index (κ1) is 12.1. The molecule has 0 unspecified atom stereocenters. The van der Waals surface area contributed by atoms with Crippen molar-refractivity contribution < 1.29 is 0 Å². The van der Waals surface area contributed by atoms with Crippen molar-refractivity contribution in [1.82, 2.24) is 15.2 Å². The molecule has 2 N–H and O–H groups in total. The normalized spacial score (nSPS) is 10.0. The second-order valence-electron chi connectivity index (χ2n) is 4.09. The fraction of sp³-hybridized carbons (Fsp3) is 0.308. The molecule has 0 saturated heterocycles. The molecule has 0 fully saturated rings. The highest BCUT2D eigenvalue weighted by atomic mass is 15.1. The van der Waals surface area contributed by atoms with Gasteiger partial charge >= 0.3 is 0 Å². The summed E-state index contributed by atoms with van der Waals surface area (Å²) in [7, 11) is 0. The van der Waals surface area contributed by atoms with E-state index in [1.165, 1.54) is 5.56 Å². The van der Waals surface area contributed by atoms with Crippen LogP contribution in [0.15, 0.2) is 24.5 Å². The molecule has 2 rings (SSSR count). The molecular formula is C13H15N5. The van der Waals surface area contributed by atoms with Crippen molar-refractivity contribution in [2.24, 2.45) is 0 Å². The third-order valence-electron chi connectivity index (χ3n) is 2.76. The van der Waals surface area contributed by atoms with Crippen LogP contribution in [-0.2, 0) is 6.42 Å². The largest absolute Gasteiger partial charge is 0.370 e. The van der Waals surface area contributed by atoms with Crippen LogP contribution in [0.4, 0.5) is 5.82 Å². The molecule has 5 heteroatoms. The van der Waals surface area contributed by atoms with Gasteiger partial charge in [0.2, 0.25) is 0 Å². The number of aryl methyl sites for hydroxylation is 2. The van der Waals surface area contributed by atoms with E-state index in [4.69, 9.17) is 5.26 Å². The number of hydrogen-bond donors (Lipinski definition) is 2. The van der Waals surface area contributed by atoms with E-state index in [1.54, 1.807) is 12.3 Å². The molecule has 18 heavy (non-hydrogen) atoms. The van der Waals surface area contributed by atoms with Gasteiger partial charge in [-0.25, -0.2) is 4.98 Å².